The van der Waals surface area contributed by atoms with Crippen LogP contribution in [0.25, 0.3) is 0 Å². The van der Waals surface area contributed by atoms with Crippen molar-refractivity contribution in [2.75, 3.05) is 42.9 Å². The summed E-state index contributed by atoms with van der Waals surface area (Å²) in [5.41, 5.74) is 1.64. The number of carbonyl (C=O) groups is 2. The van der Waals surface area contributed by atoms with Gasteiger partial charge in [-0.1, -0.05) is 6.07 Å². The molecule has 6 heteroatoms. The van der Waals surface area contributed by atoms with Crippen LogP contribution in [0.1, 0.15) is 45.4 Å². The number of hydrogen-bond acceptors (Lipinski definition) is 4. The molecule has 0 saturated carbocycles. The highest BCUT2D eigenvalue weighted by Gasteiger charge is 2.30. The Kier molecular flexibility index (Phi) is 5.97. The number of piperidine rings is 1. The lowest BCUT2D eigenvalue weighted by atomic mass is 10.0. The molecule has 1 N–H and O–H groups in total. The Morgan fingerprint density at radius 2 is 1.82 bits per heavy atom. The van der Waals surface area contributed by atoms with Gasteiger partial charge in [0.2, 0.25) is 11.8 Å². The minimum atomic E-state index is -0.142. The lowest BCUT2D eigenvalue weighted by Gasteiger charge is -2.38. The molecule has 28 heavy (non-hydrogen) atoms. The number of likely N-dealkylation sites (tertiary alicyclic amines) is 2. The van der Waals surface area contributed by atoms with Gasteiger partial charge in [0.1, 0.15) is 0 Å². The number of hydrogen-bond donors (Lipinski definition) is 1. The van der Waals surface area contributed by atoms with Crippen molar-refractivity contribution in [1.82, 2.24) is 9.80 Å². The Labute approximate surface area is 167 Å². The third kappa shape index (κ3) is 4.23. The fourth-order valence-corrected chi connectivity index (χ4v) is 4.83. The van der Waals surface area contributed by atoms with Crippen LogP contribution in [-0.4, -0.2) is 66.4 Å². The molecule has 3 fully saturated rings. The molecule has 4 rings (SSSR count). The summed E-state index contributed by atoms with van der Waals surface area (Å²) in [4.78, 5) is 31.5. The number of anilines is 2. The van der Waals surface area contributed by atoms with Crippen molar-refractivity contribution >= 4 is 23.2 Å². The summed E-state index contributed by atoms with van der Waals surface area (Å²) in [7, 11) is 0. The summed E-state index contributed by atoms with van der Waals surface area (Å²) in [6.45, 7) is 7.22. The Balaban J connectivity index is 1.31. The van der Waals surface area contributed by atoms with Gasteiger partial charge >= 0.3 is 0 Å². The predicted molar refractivity (Wildman–Crippen MR) is 112 cm³/mol. The topological polar surface area (TPSA) is 55.9 Å². The fourth-order valence-electron chi connectivity index (χ4n) is 4.83. The second-order valence-corrected chi connectivity index (χ2v) is 8.37. The highest BCUT2D eigenvalue weighted by molar-refractivity contribution is 5.98. The summed E-state index contributed by atoms with van der Waals surface area (Å²) in [5.74, 6) is 0.197. The van der Waals surface area contributed by atoms with E-state index < -0.39 is 0 Å². The lowest BCUT2D eigenvalue weighted by Crippen LogP contribution is -2.50. The molecule has 3 heterocycles. The molecule has 0 aliphatic carbocycles. The quantitative estimate of drug-likeness (QED) is 0.848. The van der Waals surface area contributed by atoms with Gasteiger partial charge < -0.3 is 15.1 Å². The first-order valence-electron chi connectivity index (χ1n) is 10.8. The number of nitrogens with one attached hydrogen (secondary N) is 1. The van der Waals surface area contributed by atoms with Gasteiger partial charge in [-0.2, -0.15) is 0 Å². The molecular weight excluding hydrogens is 352 g/mol. The van der Waals surface area contributed by atoms with Crippen molar-refractivity contribution in [3.8, 4) is 0 Å². The summed E-state index contributed by atoms with van der Waals surface area (Å²) in [6, 6.07) is 8.20. The van der Waals surface area contributed by atoms with Crippen LogP contribution in [0.3, 0.4) is 0 Å². The van der Waals surface area contributed by atoms with Crippen LogP contribution < -0.4 is 10.2 Å². The van der Waals surface area contributed by atoms with Crippen LogP contribution in [0.2, 0.25) is 0 Å². The van der Waals surface area contributed by atoms with Crippen molar-refractivity contribution in [2.45, 2.75) is 57.5 Å². The monoisotopic (exact) mass is 384 g/mol. The summed E-state index contributed by atoms with van der Waals surface area (Å²) in [6.07, 6.45) is 6.50. The number of rotatable bonds is 5. The smallest absolute Gasteiger partial charge is 0.241 e. The summed E-state index contributed by atoms with van der Waals surface area (Å²) < 4.78 is 0. The van der Waals surface area contributed by atoms with Gasteiger partial charge in [-0.3, -0.25) is 14.5 Å². The zero-order valence-corrected chi connectivity index (χ0v) is 16.9. The van der Waals surface area contributed by atoms with E-state index in [1.165, 1.54) is 25.9 Å². The Morgan fingerprint density at radius 3 is 2.50 bits per heavy atom. The van der Waals surface area contributed by atoms with Crippen molar-refractivity contribution in [3.05, 3.63) is 24.3 Å². The number of nitrogens with zero attached hydrogens (tertiary/aromatic N) is 3. The molecule has 0 spiro atoms. The average molecular weight is 385 g/mol. The highest BCUT2D eigenvalue weighted by atomic mass is 16.2. The zero-order valence-electron chi connectivity index (χ0n) is 16.9. The van der Waals surface area contributed by atoms with Gasteiger partial charge in [-0.15, -0.1) is 0 Å². The largest absolute Gasteiger partial charge is 0.325 e. The van der Waals surface area contributed by atoms with E-state index in [2.05, 4.69) is 15.1 Å². The molecule has 2 amide bonds. The van der Waals surface area contributed by atoms with Crippen molar-refractivity contribution in [3.63, 3.8) is 0 Å². The van der Waals surface area contributed by atoms with E-state index in [0.29, 0.717) is 12.5 Å². The van der Waals surface area contributed by atoms with Crippen LogP contribution in [0.4, 0.5) is 11.4 Å². The Hall–Kier alpha value is -1.92. The molecule has 6 nitrogen and oxygen atoms in total. The van der Waals surface area contributed by atoms with Gasteiger partial charge in [-0.25, -0.2) is 0 Å². The molecule has 0 radical (unpaired) electrons. The SMILES string of the molecule is CC(C(=O)Nc1cccc(N2CCCC2=O)c1)N1CCC(N2CCCC2)CC1. The third-order valence-electron chi connectivity index (χ3n) is 6.58. The second kappa shape index (κ2) is 8.62. The second-order valence-electron chi connectivity index (χ2n) is 8.37. The highest BCUT2D eigenvalue weighted by Crippen LogP contribution is 2.25. The van der Waals surface area contributed by atoms with Crippen molar-refractivity contribution < 1.29 is 9.59 Å². The molecule has 3 saturated heterocycles. The minimum Gasteiger partial charge on any atom is -0.325 e. The standard InChI is InChI=1S/C22H32N4O2/c1-17(24-14-9-19(10-15-24)25-11-2-3-12-25)22(28)23-18-6-4-7-20(16-18)26-13-5-8-21(26)27/h4,6-7,16-17,19H,2-3,5,8-15H2,1H3,(H,23,28). The van der Waals surface area contributed by atoms with Gasteiger partial charge in [0.05, 0.1) is 6.04 Å². The molecular formula is C22H32N4O2. The molecule has 3 aliphatic heterocycles. The van der Waals surface area contributed by atoms with Gasteiger partial charge in [-0.05, 0) is 70.3 Å². The molecule has 1 aromatic rings. The van der Waals surface area contributed by atoms with Crippen LogP contribution in [0.15, 0.2) is 24.3 Å². The average Bonchev–Trinajstić information content (AvgIpc) is 3.39. The molecule has 1 unspecified atom stereocenters. The van der Waals surface area contributed by atoms with E-state index in [0.717, 1.165) is 50.3 Å². The first-order chi connectivity index (χ1) is 13.6. The normalized spacial score (nSPS) is 23.3. The van der Waals surface area contributed by atoms with Gasteiger partial charge in [0, 0.05) is 43.5 Å². The first-order valence-corrected chi connectivity index (χ1v) is 10.8. The van der Waals surface area contributed by atoms with Gasteiger partial charge in [0.25, 0.3) is 0 Å². The van der Waals surface area contributed by atoms with Crippen molar-refractivity contribution in [1.29, 1.82) is 0 Å². The molecule has 152 valence electrons. The van der Waals surface area contributed by atoms with E-state index in [1.54, 1.807) is 0 Å². The molecule has 1 atom stereocenters. The zero-order chi connectivity index (χ0) is 19.5. The van der Waals surface area contributed by atoms with Crippen LogP contribution in [0, 0.1) is 0 Å². The molecule has 0 bridgehead atoms. The van der Waals surface area contributed by atoms with E-state index >= 15 is 0 Å². The predicted octanol–water partition coefficient (Wildman–Crippen LogP) is 2.70. The van der Waals surface area contributed by atoms with E-state index in [9.17, 15) is 9.59 Å². The Bertz CT molecular complexity index is 708. The Morgan fingerprint density at radius 1 is 1.07 bits per heavy atom. The summed E-state index contributed by atoms with van der Waals surface area (Å²) >= 11 is 0. The first kappa shape index (κ1) is 19.4. The minimum absolute atomic E-state index is 0.0320. The van der Waals surface area contributed by atoms with Crippen LogP contribution in [-0.2, 0) is 9.59 Å². The fraction of sp³-hybridized carbons (Fsp3) is 0.636. The maximum Gasteiger partial charge on any atom is 0.241 e. The summed E-state index contributed by atoms with van der Waals surface area (Å²) in [5, 5.41) is 3.06. The van der Waals surface area contributed by atoms with Crippen LogP contribution in [0.5, 0.6) is 0 Å². The third-order valence-corrected chi connectivity index (χ3v) is 6.58. The number of carbonyl (C=O) groups excluding carboxylic acids is 2. The van der Waals surface area contributed by atoms with Crippen molar-refractivity contribution in [2.24, 2.45) is 0 Å². The molecule has 3 aliphatic rings. The van der Waals surface area contributed by atoms with E-state index in [1.807, 2.05) is 36.1 Å². The number of benzene rings is 1. The van der Waals surface area contributed by atoms with E-state index in [4.69, 9.17) is 0 Å². The molecule has 1 aromatic carbocycles. The van der Waals surface area contributed by atoms with E-state index in [-0.39, 0.29) is 17.9 Å². The van der Waals surface area contributed by atoms with Gasteiger partial charge in [0.15, 0.2) is 0 Å². The maximum absolute atomic E-state index is 12.8. The number of amides is 2. The van der Waals surface area contributed by atoms with Crippen LogP contribution >= 0.6 is 0 Å². The molecule has 0 aromatic heterocycles. The maximum atomic E-state index is 12.8. The lowest BCUT2D eigenvalue weighted by molar-refractivity contribution is -0.121.